The van der Waals surface area contributed by atoms with E-state index in [0.717, 1.165) is 10.6 Å². The van der Waals surface area contributed by atoms with Gasteiger partial charge in [0.15, 0.2) is 6.26 Å². The molecule has 0 aliphatic carbocycles. The van der Waals surface area contributed by atoms with Gasteiger partial charge in [0.05, 0.1) is 0 Å². The van der Waals surface area contributed by atoms with Crippen LogP contribution >= 0.6 is 11.3 Å². The van der Waals surface area contributed by atoms with E-state index >= 15 is 0 Å². The van der Waals surface area contributed by atoms with Crippen molar-refractivity contribution in [3.8, 4) is 10.6 Å². The van der Waals surface area contributed by atoms with Gasteiger partial charge in [0.1, 0.15) is 11.3 Å². The number of rotatable bonds is 1. The van der Waals surface area contributed by atoms with Gasteiger partial charge < -0.3 is 4.42 Å². The summed E-state index contributed by atoms with van der Waals surface area (Å²) in [5, 5.41) is 2.91. The second kappa shape index (κ2) is 2.27. The monoisotopic (exact) mass is 150 g/mol. The van der Waals surface area contributed by atoms with Crippen molar-refractivity contribution in [3.05, 3.63) is 30.2 Å². The summed E-state index contributed by atoms with van der Waals surface area (Å²) in [6.07, 6.45) is 6.02. The van der Waals surface area contributed by atoms with Crippen LogP contribution in [0.1, 0.15) is 0 Å². The molecule has 0 aromatic carbocycles. The number of aromatic nitrogens is 1. The maximum absolute atomic E-state index is 4.78. The summed E-state index contributed by atoms with van der Waals surface area (Å²) in [6.45, 7) is 0. The maximum atomic E-state index is 4.78. The van der Waals surface area contributed by atoms with Crippen LogP contribution in [0.2, 0.25) is 0 Å². The molecule has 0 aliphatic rings. The van der Waals surface area contributed by atoms with Crippen LogP contribution in [-0.2, 0) is 0 Å². The largest absolute Gasteiger partial charge is 0.460 e. The lowest BCUT2D eigenvalue weighted by Crippen LogP contribution is -1.65. The highest BCUT2D eigenvalue weighted by atomic mass is 32.1. The Bertz CT molecular complexity index is 253. The minimum absolute atomic E-state index is 0.977. The molecular formula is C7H4NOS. The molecule has 2 aromatic heterocycles. The fraction of sp³-hybridized carbons (Fsp3) is 0. The summed E-state index contributed by atoms with van der Waals surface area (Å²) >= 11 is 1.59. The Morgan fingerprint density at radius 2 is 2.60 bits per heavy atom. The number of nitrogens with zero attached hydrogens (tertiary/aromatic N) is 1. The Balaban J connectivity index is 2.48. The lowest BCUT2D eigenvalue weighted by Gasteiger charge is -1.82. The third kappa shape index (κ3) is 0.844. The minimum atomic E-state index is 0.977. The van der Waals surface area contributed by atoms with Crippen LogP contribution in [0.3, 0.4) is 0 Å². The average Bonchev–Trinajstić information content (AvgIpc) is 2.59. The fourth-order valence-corrected chi connectivity index (χ4v) is 1.32. The molecule has 2 rings (SSSR count). The van der Waals surface area contributed by atoms with E-state index in [4.69, 9.17) is 4.42 Å². The van der Waals surface area contributed by atoms with Crippen molar-refractivity contribution in [1.82, 2.24) is 4.98 Å². The summed E-state index contributed by atoms with van der Waals surface area (Å²) in [4.78, 5) is 4.10. The first-order valence-corrected chi connectivity index (χ1v) is 3.69. The highest BCUT2D eigenvalue weighted by Gasteiger charge is 1.99. The molecule has 0 atom stereocenters. The van der Waals surface area contributed by atoms with E-state index in [1.54, 1.807) is 29.9 Å². The van der Waals surface area contributed by atoms with Gasteiger partial charge in [-0.15, -0.1) is 11.3 Å². The molecule has 2 aromatic rings. The van der Waals surface area contributed by atoms with Gasteiger partial charge in [-0.25, -0.2) is 4.98 Å². The molecule has 10 heavy (non-hydrogen) atoms. The summed E-state index contributed by atoms with van der Waals surface area (Å²) in [6, 6.07) is 1.78. The quantitative estimate of drug-likeness (QED) is 0.622. The van der Waals surface area contributed by atoms with Crippen molar-refractivity contribution in [2.75, 3.05) is 0 Å². The van der Waals surface area contributed by atoms with E-state index < -0.39 is 0 Å². The Labute approximate surface area is 62.1 Å². The van der Waals surface area contributed by atoms with Crippen molar-refractivity contribution in [2.45, 2.75) is 0 Å². The van der Waals surface area contributed by atoms with E-state index in [-0.39, 0.29) is 0 Å². The molecule has 49 valence electrons. The van der Waals surface area contributed by atoms with Crippen LogP contribution in [-0.4, -0.2) is 4.98 Å². The van der Waals surface area contributed by atoms with Crippen molar-refractivity contribution in [3.63, 3.8) is 0 Å². The molecular weight excluding hydrogens is 146 g/mol. The Morgan fingerprint density at radius 3 is 3.20 bits per heavy atom. The van der Waals surface area contributed by atoms with Crippen molar-refractivity contribution >= 4 is 11.3 Å². The Kier molecular flexibility index (Phi) is 1.29. The van der Waals surface area contributed by atoms with Crippen LogP contribution in [0.15, 0.2) is 28.3 Å². The summed E-state index contributed by atoms with van der Waals surface area (Å²) in [7, 11) is 0. The van der Waals surface area contributed by atoms with Gasteiger partial charge in [-0.1, -0.05) is 0 Å². The minimum Gasteiger partial charge on any atom is -0.460 e. The highest BCUT2D eigenvalue weighted by Crippen LogP contribution is 2.20. The standard InChI is InChI=1S/C7H4NOS/c1-3-9-5-6(1)7-8-2-4-10-7/h1-2,4-5H. The molecule has 0 amide bonds. The number of thiazole rings is 1. The SMILES string of the molecule is [c]1cc(-c2nccs2)co1. The van der Waals surface area contributed by atoms with Crippen LogP contribution in [0, 0.1) is 6.26 Å². The molecule has 0 spiro atoms. The Morgan fingerprint density at radius 1 is 1.60 bits per heavy atom. The molecule has 1 radical (unpaired) electrons. The van der Waals surface area contributed by atoms with E-state index in [2.05, 4.69) is 11.2 Å². The third-order valence-electron chi connectivity index (χ3n) is 1.15. The molecule has 0 fully saturated rings. The normalized spacial score (nSPS) is 10.0. The summed E-state index contributed by atoms with van der Waals surface area (Å²) in [5.74, 6) is 0. The van der Waals surface area contributed by atoms with Gasteiger partial charge in [0, 0.05) is 17.1 Å². The van der Waals surface area contributed by atoms with Crippen molar-refractivity contribution < 1.29 is 4.42 Å². The summed E-state index contributed by atoms with van der Waals surface area (Å²) < 4.78 is 4.78. The smallest absolute Gasteiger partial charge is 0.169 e. The summed E-state index contributed by atoms with van der Waals surface area (Å²) in [5.41, 5.74) is 0.995. The molecule has 0 aliphatic heterocycles. The first kappa shape index (κ1) is 5.68. The van der Waals surface area contributed by atoms with Gasteiger partial charge >= 0.3 is 0 Å². The first-order chi connectivity index (χ1) is 4.97. The second-order valence-corrected chi connectivity index (χ2v) is 2.69. The predicted octanol–water partition coefficient (Wildman–Crippen LogP) is 2.20. The van der Waals surface area contributed by atoms with Gasteiger partial charge in [-0.2, -0.15) is 0 Å². The second-order valence-electron chi connectivity index (χ2n) is 1.79. The first-order valence-electron chi connectivity index (χ1n) is 2.81. The Hall–Kier alpha value is -1.09. The van der Waals surface area contributed by atoms with E-state index in [9.17, 15) is 0 Å². The van der Waals surface area contributed by atoms with E-state index in [1.807, 2.05) is 5.38 Å². The molecule has 0 unspecified atom stereocenters. The van der Waals surface area contributed by atoms with Crippen LogP contribution in [0.4, 0.5) is 0 Å². The lowest BCUT2D eigenvalue weighted by molar-refractivity contribution is 0.559. The van der Waals surface area contributed by atoms with Gasteiger partial charge in [0.25, 0.3) is 0 Å². The predicted molar refractivity (Wildman–Crippen MR) is 38.7 cm³/mol. The van der Waals surface area contributed by atoms with E-state index in [1.165, 1.54) is 0 Å². The zero-order valence-electron chi connectivity index (χ0n) is 5.07. The molecule has 2 heterocycles. The van der Waals surface area contributed by atoms with Crippen LogP contribution in [0.25, 0.3) is 10.6 Å². The van der Waals surface area contributed by atoms with Crippen molar-refractivity contribution in [2.24, 2.45) is 0 Å². The van der Waals surface area contributed by atoms with Gasteiger partial charge in [-0.3, -0.25) is 0 Å². The topological polar surface area (TPSA) is 26.0 Å². The molecule has 0 saturated carbocycles. The molecule has 2 nitrogen and oxygen atoms in total. The van der Waals surface area contributed by atoms with Gasteiger partial charge in [-0.05, 0) is 6.07 Å². The molecule has 0 saturated heterocycles. The fourth-order valence-electron chi connectivity index (χ4n) is 0.707. The highest BCUT2D eigenvalue weighted by molar-refractivity contribution is 7.13. The zero-order valence-corrected chi connectivity index (χ0v) is 5.89. The van der Waals surface area contributed by atoms with Crippen molar-refractivity contribution in [1.29, 1.82) is 0 Å². The average molecular weight is 150 g/mol. The number of hydrogen-bond donors (Lipinski definition) is 0. The van der Waals surface area contributed by atoms with E-state index in [0.29, 0.717) is 0 Å². The van der Waals surface area contributed by atoms with Crippen LogP contribution < -0.4 is 0 Å². The lowest BCUT2D eigenvalue weighted by atomic mass is 10.4. The molecule has 0 N–H and O–H groups in total. The maximum Gasteiger partial charge on any atom is 0.169 e. The van der Waals surface area contributed by atoms with Gasteiger partial charge in [0.2, 0.25) is 0 Å². The number of hydrogen-bond acceptors (Lipinski definition) is 3. The molecule has 0 bridgehead atoms. The third-order valence-corrected chi connectivity index (χ3v) is 1.97. The number of furan rings is 1. The van der Waals surface area contributed by atoms with Crippen LogP contribution in [0.5, 0.6) is 0 Å². The molecule has 3 heteroatoms. The zero-order chi connectivity index (χ0) is 6.81.